The number of halogens is 1. The third kappa shape index (κ3) is 5.89. The first-order valence-corrected chi connectivity index (χ1v) is 6.84. The molecule has 1 aromatic heterocycles. The quantitative estimate of drug-likeness (QED) is 0.557. The van der Waals surface area contributed by atoms with E-state index in [1.807, 2.05) is 19.9 Å². The minimum Gasteiger partial charge on any atom is -0.359 e. The summed E-state index contributed by atoms with van der Waals surface area (Å²) in [4.78, 5) is 7.03. The van der Waals surface area contributed by atoms with Gasteiger partial charge in [0, 0.05) is 17.4 Å². The SMILES string of the molecule is C=C(Cl)/N=C\C=C(C)C.Cc1ccc2cc(C)[nH]c2c1. The molecule has 0 unspecified atom stereocenters. The summed E-state index contributed by atoms with van der Waals surface area (Å²) in [6, 6.07) is 8.61. The van der Waals surface area contributed by atoms with Gasteiger partial charge in [0.05, 0.1) is 0 Å². The number of rotatable bonds is 2. The van der Waals surface area contributed by atoms with Crippen LogP contribution >= 0.6 is 11.6 Å². The number of nitrogens with zero attached hydrogens (tertiary/aromatic N) is 1. The van der Waals surface area contributed by atoms with Gasteiger partial charge in [-0.1, -0.05) is 35.9 Å². The van der Waals surface area contributed by atoms with E-state index in [1.54, 1.807) is 6.21 Å². The first kappa shape index (κ1) is 16.3. The molecule has 1 aromatic carbocycles. The van der Waals surface area contributed by atoms with E-state index in [2.05, 4.69) is 54.7 Å². The molecule has 3 heteroatoms. The molecule has 0 atom stereocenters. The molecule has 0 bridgehead atoms. The van der Waals surface area contributed by atoms with Crippen LogP contribution in [0.1, 0.15) is 25.1 Å². The Morgan fingerprint density at radius 1 is 1.25 bits per heavy atom. The summed E-state index contributed by atoms with van der Waals surface area (Å²) in [7, 11) is 0. The Morgan fingerprint density at radius 3 is 2.55 bits per heavy atom. The number of hydrogen-bond acceptors (Lipinski definition) is 1. The Labute approximate surface area is 125 Å². The van der Waals surface area contributed by atoms with Crippen LogP contribution in [0.25, 0.3) is 10.9 Å². The average molecular weight is 289 g/mol. The van der Waals surface area contributed by atoms with Crippen molar-refractivity contribution in [3.63, 3.8) is 0 Å². The van der Waals surface area contributed by atoms with Crippen molar-refractivity contribution in [1.82, 2.24) is 4.98 Å². The van der Waals surface area contributed by atoms with Gasteiger partial charge in [-0.3, -0.25) is 0 Å². The summed E-state index contributed by atoms with van der Waals surface area (Å²) >= 11 is 5.34. The minimum atomic E-state index is 0.313. The van der Waals surface area contributed by atoms with Crippen LogP contribution in [-0.2, 0) is 0 Å². The maximum absolute atomic E-state index is 5.34. The number of allylic oxidation sites excluding steroid dienone is 2. The number of H-pyrrole nitrogens is 1. The molecule has 0 radical (unpaired) electrons. The zero-order chi connectivity index (χ0) is 15.1. The molecular weight excluding hydrogens is 268 g/mol. The van der Waals surface area contributed by atoms with Crippen molar-refractivity contribution in [2.75, 3.05) is 0 Å². The Morgan fingerprint density at radius 2 is 1.95 bits per heavy atom. The molecule has 2 nitrogen and oxygen atoms in total. The molecule has 0 saturated carbocycles. The summed E-state index contributed by atoms with van der Waals surface area (Å²) in [5.41, 5.74) is 4.96. The van der Waals surface area contributed by atoms with Gasteiger partial charge in [-0.25, -0.2) is 4.99 Å². The molecule has 0 aliphatic heterocycles. The second-order valence-corrected chi connectivity index (χ2v) is 5.38. The fraction of sp³-hybridized carbons (Fsp3) is 0.235. The molecule has 0 spiro atoms. The largest absolute Gasteiger partial charge is 0.359 e. The summed E-state index contributed by atoms with van der Waals surface area (Å²) in [6.45, 7) is 11.6. The average Bonchev–Trinajstić information content (AvgIpc) is 2.68. The zero-order valence-corrected chi connectivity index (χ0v) is 13.3. The van der Waals surface area contributed by atoms with E-state index in [-0.39, 0.29) is 0 Å². The molecule has 1 N–H and O–H groups in total. The number of aryl methyl sites for hydroxylation is 2. The van der Waals surface area contributed by atoms with Crippen molar-refractivity contribution in [2.45, 2.75) is 27.7 Å². The van der Waals surface area contributed by atoms with Crippen molar-refractivity contribution in [3.8, 4) is 0 Å². The number of aromatic nitrogens is 1. The first-order valence-electron chi connectivity index (χ1n) is 6.46. The van der Waals surface area contributed by atoms with Crippen molar-refractivity contribution >= 4 is 28.7 Å². The predicted molar refractivity (Wildman–Crippen MR) is 90.7 cm³/mol. The van der Waals surface area contributed by atoms with Crippen molar-refractivity contribution in [3.05, 3.63) is 58.9 Å². The molecule has 0 amide bonds. The van der Waals surface area contributed by atoms with E-state index in [0.29, 0.717) is 5.16 Å². The summed E-state index contributed by atoms with van der Waals surface area (Å²) in [5, 5.41) is 1.61. The highest BCUT2D eigenvalue weighted by Crippen LogP contribution is 2.15. The monoisotopic (exact) mass is 288 g/mol. The normalized spacial score (nSPS) is 10.2. The highest BCUT2D eigenvalue weighted by Gasteiger charge is 1.95. The smallest absolute Gasteiger partial charge is 0.121 e. The molecule has 0 fully saturated rings. The Kier molecular flexibility index (Phi) is 6.26. The fourth-order valence-electron chi connectivity index (χ4n) is 1.65. The van der Waals surface area contributed by atoms with Gasteiger partial charge in [0.2, 0.25) is 0 Å². The maximum atomic E-state index is 5.34. The Bertz CT molecular complexity index is 644. The summed E-state index contributed by atoms with van der Waals surface area (Å²) < 4.78 is 0. The van der Waals surface area contributed by atoms with Crippen LogP contribution in [0.4, 0.5) is 0 Å². The zero-order valence-electron chi connectivity index (χ0n) is 12.5. The van der Waals surface area contributed by atoms with Crippen LogP contribution in [0.5, 0.6) is 0 Å². The molecular formula is C17H21ClN2. The van der Waals surface area contributed by atoms with Crippen LogP contribution in [0.15, 0.2) is 52.6 Å². The molecule has 2 rings (SSSR count). The van der Waals surface area contributed by atoms with Crippen LogP contribution in [0.2, 0.25) is 0 Å². The molecule has 1 heterocycles. The van der Waals surface area contributed by atoms with Gasteiger partial charge in [0.1, 0.15) is 5.16 Å². The first-order chi connectivity index (χ1) is 9.38. The Hall–Kier alpha value is -1.80. The van der Waals surface area contributed by atoms with Gasteiger partial charge in [-0.15, -0.1) is 0 Å². The topological polar surface area (TPSA) is 28.1 Å². The fourth-order valence-corrected chi connectivity index (χ4v) is 1.71. The van der Waals surface area contributed by atoms with Gasteiger partial charge in [0.25, 0.3) is 0 Å². The van der Waals surface area contributed by atoms with Crippen molar-refractivity contribution in [2.24, 2.45) is 4.99 Å². The standard InChI is InChI=1S/C10H11N.C7H10ClN/c1-7-3-4-9-6-8(2)11-10(9)5-7;1-6(2)4-5-9-7(3)8/h3-6,11H,1-2H3;4-5H,3H2,1-2H3/b;9-5-. The maximum Gasteiger partial charge on any atom is 0.121 e. The molecule has 0 saturated heterocycles. The number of aliphatic imine (C=N–C) groups is 1. The van der Waals surface area contributed by atoms with Gasteiger partial charge in [0.15, 0.2) is 0 Å². The summed E-state index contributed by atoms with van der Waals surface area (Å²) in [5.74, 6) is 0. The lowest BCUT2D eigenvalue weighted by Crippen LogP contribution is -1.71. The van der Waals surface area contributed by atoms with Crippen LogP contribution < -0.4 is 0 Å². The summed E-state index contributed by atoms with van der Waals surface area (Å²) in [6.07, 6.45) is 3.50. The minimum absolute atomic E-state index is 0.313. The van der Waals surface area contributed by atoms with E-state index in [1.165, 1.54) is 27.7 Å². The lowest BCUT2D eigenvalue weighted by atomic mass is 10.2. The van der Waals surface area contributed by atoms with Crippen LogP contribution in [0.3, 0.4) is 0 Å². The molecule has 106 valence electrons. The highest BCUT2D eigenvalue weighted by atomic mass is 35.5. The van der Waals surface area contributed by atoms with Crippen LogP contribution in [-0.4, -0.2) is 11.2 Å². The lowest BCUT2D eigenvalue weighted by Gasteiger charge is -1.90. The van der Waals surface area contributed by atoms with E-state index in [4.69, 9.17) is 11.6 Å². The van der Waals surface area contributed by atoms with Gasteiger partial charge < -0.3 is 4.98 Å². The molecule has 0 aliphatic carbocycles. The molecule has 0 aliphatic rings. The van der Waals surface area contributed by atoms with E-state index < -0.39 is 0 Å². The van der Waals surface area contributed by atoms with Gasteiger partial charge in [-0.05, 0) is 56.9 Å². The second-order valence-electron chi connectivity index (χ2n) is 4.94. The molecule has 20 heavy (non-hydrogen) atoms. The van der Waals surface area contributed by atoms with Gasteiger partial charge in [-0.2, -0.15) is 0 Å². The number of fused-ring (bicyclic) bond motifs is 1. The third-order valence-electron chi connectivity index (χ3n) is 2.54. The van der Waals surface area contributed by atoms with Crippen molar-refractivity contribution in [1.29, 1.82) is 0 Å². The van der Waals surface area contributed by atoms with Crippen molar-refractivity contribution < 1.29 is 0 Å². The third-order valence-corrected chi connectivity index (χ3v) is 2.63. The molecule has 2 aromatic rings. The number of aromatic amines is 1. The Balaban J connectivity index is 0.000000206. The highest BCUT2D eigenvalue weighted by molar-refractivity contribution is 6.29. The lowest BCUT2D eigenvalue weighted by molar-refractivity contribution is 1.30. The number of nitrogens with one attached hydrogen (secondary N) is 1. The van der Waals surface area contributed by atoms with E-state index in [9.17, 15) is 0 Å². The van der Waals surface area contributed by atoms with Crippen LogP contribution in [0, 0.1) is 13.8 Å². The predicted octanol–water partition coefficient (Wildman–Crippen LogP) is 5.52. The second kappa shape index (κ2) is 7.71. The number of hydrogen-bond donors (Lipinski definition) is 1. The van der Waals surface area contributed by atoms with Gasteiger partial charge >= 0.3 is 0 Å². The number of benzene rings is 1. The van der Waals surface area contributed by atoms with E-state index >= 15 is 0 Å². The van der Waals surface area contributed by atoms with E-state index in [0.717, 1.165) is 0 Å².